The first-order chi connectivity index (χ1) is 15.1. The lowest BCUT2D eigenvalue weighted by Gasteiger charge is -2.16. The van der Waals surface area contributed by atoms with Gasteiger partial charge in [-0.2, -0.15) is 0 Å². The van der Waals surface area contributed by atoms with E-state index < -0.39 is 11.2 Å². The van der Waals surface area contributed by atoms with E-state index in [4.69, 9.17) is 10.5 Å². The highest BCUT2D eigenvalue weighted by Gasteiger charge is 2.25. The summed E-state index contributed by atoms with van der Waals surface area (Å²) in [5.74, 6) is 0.878. The van der Waals surface area contributed by atoms with Crippen LogP contribution in [0.3, 0.4) is 0 Å². The molecular formula is C24H22N4O2S. The fraction of sp³-hybridized carbons (Fsp3) is 0.125. The van der Waals surface area contributed by atoms with Gasteiger partial charge in [0.25, 0.3) is 0 Å². The number of hydrogen-bond donors (Lipinski definition) is 1. The summed E-state index contributed by atoms with van der Waals surface area (Å²) in [6, 6.07) is 25.2. The number of nitrogens with two attached hydrogens (primary N) is 1. The predicted octanol–water partition coefficient (Wildman–Crippen LogP) is 4.57. The van der Waals surface area contributed by atoms with Crippen molar-refractivity contribution in [3.63, 3.8) is 0 Å². The van der Waals surface area contributed by atoms with Gasteiger partial charge in [-0.1, -0.05) is 71.9 Å². The number of benzene rings is 3. The number of para-hydroxylation sites is 1. The Morgan fingerprint density at radius 1 is 0.968 bits per heavy atom. The molecule has 31 heavy (non-hydrogen) atoms. The first-order valence-corrected chi connectivity index (χ1v) is 10.6. The smallest absolute Gasteiger partial charge is 0.235 e. The van der Waals surface area contributed by atoms with E-state index >= 15 is 0 Å². The van der Waals surface area contributed by atoms with Gasteiger partial charge in [0.05, 0.1) is 12.7 Å². The number of hydrogen-bond acceptors (Lipinski definition) is 5. The van der Waals surface area contributed by atoms with Crippen LogP contribution in [0.15, 0.2) is 84.0 Å². The summed E-state index contributed by atoms with van der Waals surface area (Å²) in [7, 11) is 1.62. The molecule has 2 N–H and O–H groups in total. The Morgan fingerprint density at radius 2 is 1.65 bits per heavy atom. The SMILES string of the molecule is COc1ccccc1-c1nnc(SC(C(N)=O)c2ccccc2)n1-c1ccc(C)cc1. The lowest BCUT2D eigenvalue weighted by atomic mass is 10.1. The number of methoxy groups -OCH3 is 1. The van der Waals surface area contributed by atoms with Crippen molar-refractivity contribution in [3.05, 3.63) is 90.0 Å². The molecule has 156 valence electrons. The van der Waals surface area contributed by atoms with Crippen LogP contribution in [0, 0.1) is 6.92 Å². The topological polar surface area (TPSA) is 83.0 Å². The maximum absolute atomic E-state index is 12.3. The minimum atomic E-state index is -0.597. The van der Waals surface area contributed by atoms with E-state index in [1.807, 2.05) is 90.4 Å². The number of nitrogens with zero attached hydrogens (tertiary/aromatic N) is 3. The zero-order chi connectivity index (χ0) is 21.8. The lowest BCUT2D eigenvalue weighted by molar-refractivity contribution is -0.117. The molecule has 1 amide bonds. The van der Waals surface area contributed by atoms with Crippen LogP contribution in [0.4, 0.5) is 0 Å². The van der Waals surface area contributed by atoms with Crippen molar-refractivity contribution in [1.29, 1.82) is 0 Å². The maximum Gasteiger partial charge on any atom is 0.235 e. The number of carbonyl (C=O) groups excluding carboxylic acids is 1. The fourth-order valence-electron chi connectivity index (χ4n) is 3.30. The summed E-state index contributed by atoms with van der Waals surface area (Å²) < 4.78 is 7.48. The third-order valence-corrected chi connectivity index (χ3v) is 6.07. The van der Waals surface area contributed by atoms with E-state index in [1.165, 1.54) is 11.8 Å². The van der Waals surface area contributed by atoms with Crippen LogP contribution in [0.1, 0.15) is 16.4 Å². The minimum absolute atomic E-state index is 0.437. The number of rotatable bonds is 7. The van der Waals surface area contributed by atoms with Gasteiger partial charge in [0.1, 0.15) is 11.0 Å². The summed E-state index contributed by atoms with van der Waals surface area (Å²) in [6.45, 7) is 2.03. The molecule has 0 saturated carbocycles. The van der Waals surface area contributed by atoms with E-state index in [0.717, 1.165) is 22.4 Å². The number of amides is 1. The van der Waals surface area contributed by atoms with Crippen molar-refractivity contribution in [2.45, 2.75) is 17.3 Å². The molecule has 0 aliphatic carbocycles. The molecule has 0 aliphatic heterocycles. The van der Waals surface area contributed by atoms with E-state index in [1.54, 1.807) is 7.11 Å². The normalized spacial score (nSPS) is 11.8. The van der Waals surface area contributed by atoms with Crippen molar-refractivity contribution in [3.8, 4) is 22.8 Å². The van der Waals surface area contributed by atoms with Crippen LogP contribution >= 0.6 is 11.8 Å². The number of thioether (sulfide) groups is 1. The largest absolute Gasteiger partial charge is 0.496 e. The minimum Gasteiger partial charge on any atom is -0.496 e. The van der Waals surface area contributed by atoms with Crippen LogP contribution in [0.2, 0.25) is 0 Å². The molecule has 0 spiro atoms. The zero-order valence-corrected chi connectivity index (χ0v) is 18.0. The highest BCUT2D eigenvalue weighted by molar-refractivity contribution is 8.00. The van der Waals surface area contributed by atoms with Gasteiger partial charge in [-0.05, 0) is 36.8 Å². The van der Waals surface area contributed by atoms with E-state index in [0.29, 0.717) is 16.7 Å². The molecule has 0 aliphatic rings. The maximum atomic E-state index is 12.3. The summed E-state index contributed by atoms with van der Waals surface area (Å²) in [6.07, 6.45) is 0. The number of primary amides is 1. The third kappa shape index (κ3) is 4.32. The van der Waals surface area contributed by atoms with Gasteiger partial charge < -0.3 is 10.5 Å². The molecule has 3 aromatic carbocycles. The predicted molar refractivity (Wildman–Crippen MR) is 122 cm³/mol. The Balaban J connectivity index is 1.86. The van der Waals surface area contributed by atoms with E-state index in [9.17, 15) is 4.79 Å². The second-order valence-electron chi connectivity index (χ2n) is 6.99. The van der Waals surface area contributed by atoms with E-state index in [2.05, 4.69) is 10.2 Å². The van der Waals surface area contributed by atoms with Crippen molar-refractivity contribution in [2.75, 3.05) is 7.11 Å². The van der Waals surface area contributed by atoms with Gasteiger partial charge in [-0.3, -0.25) is 9.36 Å². The Morgan fingerprint density at radius 3 is 2.32 bits per heavy atom. The molecule has 0 radical (unpaired) electrons. The molecular weight excluding hydrogens is 408 g/mol. The molecule has 4 aromatic rings. The van der Waals surface area contributed by atoms with Gasteiger partial charge in [0.15, 0.2) is 11.0 Å². The Hall–Kier alpha value is -3.58. The molecule has 0 saturated heterocycles. The van der Waals surface area contributed by atoms with Crippen molar-refractivity contribution >= 4 is 17.7 Å². The zero-order valence-electron chi connectivity index (χ0n) is 17.2. The van der Waals surface area contributed by atoms with Gasteiger partial charge >= 0.3 is 0 Å². The third-order valence-electron chi connectivity index (χ3n) is 4.86. The highest BCUT2D eigenvalue weighted by Crippen LogP contribution is 2.38. The molecule has 0 bridgehead atoms. The Kier molecular flexibility index (Phi) is 6.04. The molecule has 1 atom stereocenters. The number of ether oxygens (including phenoxy) is 1. The molecule has 7 heteroatoms. The van der Waals surface area contributed by atoms with Crippen LogP contribution in [0.5, 0.6) is 5.75 Å². The van der Waals surface area contributed by atoms with Crippen molar-refractivity contribution < 1.29 is 9.53 Å². The average molecular weight is 431 g/mol. The lowest BCUT2D eigenvalue weighted by Crippen LogP contribution is -2.19. The van der Waals surface area contributed by atoms with Crippen LogP contribution in [-0.2, 0) is 4.79 Å². The highest BCUT2D eigenvalue weighted by atomic mass is 32.2. The van der Waals surface area contributed by atoms with Crippen LogP contribution < -0.4 is 10.5 Å². The fourth-order valence-corrected chi connectivity index (χ4v) is 4.31. The molecule has 4 rings (SSSR count). The monoisotopic (exact) mass is 430 g/mol. The number of aryl methyl sites for hydroxylation is 1. The van der Waals surface area contributed by atoms with Gasteiger partial charge in [0.2, 0.25) is 5.91 Å². The molecule has 6 nitrogen and oxygen atoms in total. The van der Waals surface area contributed by atoms with Crippen LogP contribution in [0.25, 0.3) is 17.1 Å². The van der Waals surface area contributed by atoms with Crippen molar-refractivity contribution in [1.82, 2.24) is 14.8 Å². The average Bonchev–Trinajstić information content (AvgIpc) is 3.21. The van der Waals surface area contributed by atoms with Gasteiger partial charge in [-0.25, -0.2) is 0 Å². The van der Waals surface area contributed by atoms with Crippen molar-refractivity contribution in [2.24, 2.45) is 5.73 Å². The summed E-state index contributed by atoms with van der Waals surface area (Å²) >= 11 is 1.28. The second kappa shape index (κ2) is 9.06. The van der Waals surface area contributed by atoms with Gasteiger partial charge in [-0.15, -0.1) is 10.2 Å². The quantitative estimate of drug-likeness (QED) is 0.434. The first kappa shape index (κ1) is 20.7. The van der Waals surface area contributed by atoms with Gasteiger partial charge in [0, 0.05) is 5.69 Å². The molecule has 1 unspecified atom stereocenters. The van der Waals surface area contributed by atoms with Crippen LogP contribution in [-0.4, -0.2) is 27.8 Å². The summed E-state index contributed by atoms with van der Waals surface area (Å²) in [5.41, 5.74) is 9.40. The molecule has 1 aromatic heterocycles. The second-order valence-corrected chi connectivity index (χ2v) is 8.06. The molecule has 0 fully saturated rings. The number of aromatic nitrogens is 3. The summed E-state index contributed by atoms with van der Waals surface area (Å²) in [5, 5.41) is 8.86. The first-order valence-electron chi connectivity index (χ1n) is 9.75. The Labute approximate surface area is 185 Å². The standard InChI is InChI=1S/C24H22N4O2S/c1-16-12-14-18(15-13-16)28-23(19-10-6-7-11-20(19)30-2)26-27-24(28)31-21(22(25)29)17-8-4-3-5-9-17/h3-15,21H,1-2H3,(H2,25,29). The summed E-state index contributed by atoms with van der Waals surface area (Å²) in [4.78, 5) is 12.3. The number of carbonyl (C=O) groups is 1. The Bertz CT molecular complexity index is 1190. The van der Waals surface area contributed by atoms with E-state index in [-0.39, 0.29) is 0 Å². The molecule has 1 heterocycles.